The lowest BCUT2D eigenvalue weighted by atomic mass is 9.95. The summed E-state index contributed by atoms with van der Waals surface area (Å²) >= 11 is 1.62. The molecular formula is C23H28N4O2S. The van der Waals surface area contributed by atoms with Gasteiger partial charge >= 0.3 is 0 Å². The Kier molecular flexibility index (Phi) is 6.89. The van der Waals surface area contributed by atoms with Gasteiger partial charge in [0.15, 0.2) is 10.9 Å². The summed E-state index contributed by atoms with van der Waals surface area (Å²) in [7, 11) is 0. The van der Waals surface area contributed by atoms with Crippen LogP contribution in [0, 0.1) is 6.92 Å². The third-order valence-electron chi connectivity index (χ3n) is 5.38. The van der Waals surface area contributed by atoms with Gasteiger partial charge in [0, 0.05) is 18.2 Å². The maximum atomic E-state index is 12.2. The van der Waals surface area contributed by atoms with Crippen LogP contribution < -0.4 is 5.32 Å². The molecule has 1 saturated carbocycles. The van der Waals surface area contributed by atoms with Gasteiger partial charge in [0.05, 0.1) is 12.0 Å². The number of hydrogen-bond donors (Lipinski definition) is 1. The van der Waals surface area contributed by atoms with Crippen LogP contribution in [0.25, 0.3) is 17.3 Å². The quantitative estimate of drug-likeness (QED) is 0.399. The van der Waals surface area contributed by atoms with E-state index in [2.05, 4.69) is 34.6 Å². The second-order valence-corrected chi connectivity index (χ2v) is 8.87. The minimum absolute atomic E-state index is 0.166. The van der Waals surface area contributed by atoms with Crippen LogP contribution in [0.2, 0.25) is 0 Å². The van der Waals surface area contributed by atoms with Crippen molar-refractivity contribution in [1.29, 1.82) is 0 Å². The molecule has 7 heteroatoms. The number of aryl methyl sites for hydroxylation is 1. The second kappa shape index (κ2) is 9.98. The zero-order valence-corrected chi connectivity index (χ0v) is 18.2. The highest BCUT2D eigenvalue weighted by Gasteiger charge is 2.19. The molecule has 0 saturated heterocycles. The zero-order chi connectivity index (χ0) is 20.8. The maximum absolute atomic E-state index is 12.2. The third kappa shape index (κ3) is 5.14. The van der Waals surface area contributed by atoms with E-state index in [1.165, 1.54) is 24.8 Å². The molecule has 4 rings (SSSR count). The second-order valence-electron chi connectivity index (χ2n) is 7.81. The number of hydrogen-bond acceptors (Lipinski definition) is 5. The lowest BCUT2D eigenvalue weighted by Gasteiger charge is -2.22. The number of furan rings is 1. The smallest absolute Gasteiger partial charge is 0.220 e. The number of carbonyl (C=O) groups is 1. The molecule has 0 bridgehead atoms. The molecule has 0 aliphatic heterocycles. The summed E-state index contributed by atoms with van der Waals surface area (Å²) in [6.07, 6.45) is 8.99. The van der Waals surface area contributed by atoms with Gasteiger partial charge < -0.3 is 9.73 Å². The maximum Gasteiger partial charge on any atom is 0.220 e. The SMILES string of the molecule is Cc1cccc(-n2c(SCCCC(=O)NC3CCCCC3)nnc2-c2ccco2)c1. The Morgan fingerprint density at radius 2 is 2.07 bits per heavy atom. The normalized spacial score (nSPS) is 14.7. The largest absolute Gasteiger partial charge is 0.461 e. The fourth-order valence-corrected chi connectivity index (χ4v) is 4.76. The van der Waals surface area contributed by atoms with E-state index in [0.29, 0.717) is 24.0 Å². The molecule has 1 aromatic carbocycles. The van der Waals surface area contributed by atoms with Gasteiger partial charge in [0.1, 0.15) is 0 Å². The minimum Gasteiger partial charge on any atom is -0.461 e. The zero-order valence-electron chi connectivity index (χ0n) is 17.3. The van der Waals surface area contributed by atoms with Crippen molar-refractivity contribution in [1.82, 2.24) is 20.1 Å². The molecule has 0 unspecified atom stereocenters. The van der Waals surface area contributed by atoms with E-state index in [1.807, 2.05) is 28.8 Å². The molecule has 1 fully saturated rings. The number of carbonyl (C=O) groups excluding carboxylic acids is 1. The van der Waals surface area contributed by atoms with E-state index < -0.39 is 0 Å². The van der Waals surface area contributed by atoms with Crippen molar-refractivity contribution in [2.45, 2.75) is 63.1 Å². The monoisotopic (exact) mass is 424 g/mol. The molecule has 2 heterocycles. The van der Waals surface area contributed by atoms with E-state index in [4.69, 9.17) is 4.42 Å². The Bertz CT molecular complexity index is 962. The Morgan fingerprint density at radius 1 is 1.20 bits per heavy atom. The molecule has 3 aromatic rings. The van der Waals surface area contributed by atoms with Gasteiger partial charge in [-0.2, -0.15) is 0 Å². The first-order valence-corrected chi connectivity index (χ1v) is 11.7. The van der Waals surface area contributed by atoms with Crippen molar-refractivity contribution < 1.29 is 9.21 Å². The molecule has 6 nitrogen and oxygen atoms in total. The highest BCUT2D eigenvalue weighted by molar-refractivity contribution is 7.99. The summed E-state index contributed by atoms with van der Waals surface area (Å²) in [4.78, 5) is 12.2. The predicted molar refractivity (Wildman–Crippen MR) is 119 cm³/mol. The highest BCUT2D eigenvalue weighted by Crippen LogP contribution is 2.29. The molecular weight excluding hydrogens is 396 g/mol. The number of benzene rings is 1. The Morgan fingerprint density at radius 3 is 2.83 bits per heavy atom. The van der Waals surface area contributed by atoms with Crippen LogP contribution in [0.15, 0.2) is 52.2 Å². The fourth-order valence-electron chi connectivity index (χ4n) is 3.87. The average molecular weight is 425 g/mol. The topological polar surface area (TPSA) is 73.0 Å². The molecule has 30 heavy (non-hydrogen) atoms. The number of thioether (sulfide) groups is 1. The summed E-state index contributed by atoms with van der Waals surface area (Å²) in [5.41, 5.74) is 2.17. The molecule has 1 amide bonds. The first kappa shape index (κ1) is 20.7. The van der Waals surface area contributed by atoms with E-state index in [1.54, 1.807) is 18.0 Å². The van der Waals surface area contributed by atoms with Crippen LogP contribution in [-0.2, 0) is 4.79 Å². The van der Waals surface area contributed by atoms with E-state index >= 15 is 0 Å². The van der Waals surface area contributed by atoms with Crippen LogP contribution in [0.5, 0.6) is 0 Å². The number of nitrogens with zero attached hydrogens (tertiary/aromatic N) is 3. The Hall–Kier alpha value is -2.54. The van der Waals surface area contributed by atoms with Crippen LogP contribution >= 0.6 is 11.8 Å². The van der Waals surface area contributed by atoms with E-state index in [-0.39, 0.29) is 5.91 Å². The highest BCUT2D eigenvalue weighted by atomic mass is 32.2. The van der Waals surface area contributed by atoms with Crippen LogP contribution in [-0.4, -0.2) is 32.5 Å². The van der Waals surface area contributed by atoms with Gasteiger partial charge in [-0.25, -0.2) is 0 Å². The van der Waals surface area contributed by atoms with Gasteiger partial charge in [-0.3, -0.25) is 9.36 Å². The molecule has 1 aliphatic rings. The Balaban J connectivity index is 1.40. The summed E-state index contributed by atoms with van der Waals surface area (Å²) < 4.78 is 7.60. The van der Waals surface area contributed by atoms with Crippen LogP contribution in [0.4, 0.5) is 0 Å². The summed E-state index contributed by atoms with van der Waals surface area (Å²) in [5, 5.41) is 12.8. The first-order chi connectivity index (χ1) is 14.7. The van der Waals surface area contributed by atoms with Gasteiger partial charge in [-0.1, -0.05) is 43.2 Å². The van der Waals surface area contributed by atoms with Crippen molar-refractivity contribution in [3.05, 3.63) is 48.2 Å². The number of rotatable bonds is 8. The number of amides is 1. The van der Waals surface area contributed by atoms with Gasteiger partial charge in [0.25, 0.3) is 0 Å². The van der Waals surface area contributed by atoms with Crippen molar-refractivity contribution in [2.75, 3.05) is 5.75 Å². The molecule has 2 aromatic heterocycles. The average Bonchev–Trinajstić information content (AvgIpc) is 3.42. The molecule has 158 valence electrons. The van der Waals surface area contributed by atoms with E-state index in [0.717, 1.165) is 35.9 Å². The predicted octanol–water partition coefficient (Wildman–Crippen LogP) is 5.16. The van der Waals surface area contributed by atoms with Crippen molar-refractivity contribution in [3.8, 4) is 17.3 Å². The molecule has 1 aliphatic carbocycles. The third-order valence-corrected chi connectivity index (χ3v) is 6.40. The van der Waals surface area contributed by atoms with Crippen molar-refractivity contribution in [2.24, 2.45) is 0 Å². The van der Waals surface area contributed by atoms with Gasteiger partial charge in [0.2, 0.25) is 11.7 Å². The molecule has 0 radical (unpaired) electrons. The Labute approximate surface area is 181 Å². The van der Waals surface area contributed by atoms with E-state index in [9.17, 15) is 4.79 Å². The minimum atomic E-state index is 0.166. The van der Waals surface area contributed by atoms with Crippen molar-refractivity contribution >= 4 is 17.7 Å². The summed E-state index contributed by atoms with van der Waals surface area (Å²) in [6, 6.07) is 12.4. The number of aromatic nitrogens is 3. The first-order valence-electron chi connectivity index (χ1n) is 10.7. The molecule has 1 N–H and O–H groups in total. The summed E-state index contributed by atoms with van der Waals surface area (Å²) in [6.45, 7) is 2.07. The number of nitrogens with one attached hydrogen (secondary N) is 1. The lowest BCUT2D eigenvalue weighted by molar-refractivity contribution is -0.122. The van der Waals surface area contributed by atoms with Gasteiger partial charge in [-0.05, 0) is 56.0 Å². The summed E-state index contributed by atoms with van der Waals surface area (Å²) in [5.74, 6) is 2.34. The molecule has 0 spiro atoms. The standard InChI is InChI=1S/C23H28N4O2S/c1-17-8-5-11-19(16-17)27-22(20-12-6-14-29-20)25-26-23(27)30-15-7-13-21(28)24-18-9-3-2-4-10-18/h5-6,8,11-12,14,16,18H,2-4,7,9-10,13,15H2,1H3,(H,24,28). The van der Waals surface area contributed by atoms with Crippen LogP contribution in [0.1, 0.15) is 50.5 Å². The van der Waals surface area contributed by atoms with Crippen molar-refractivity contribution in [3.63, 3.8) is 0 Å². The molecule has 0 atom stereocenters. The fraction of sp³-hybridized carbons (Fsp3) is 0.435. The van der Waals surface area contributed by atoms with Gasteiger partial charge in [-0.15, -0.1) is 10.2 Å². The lowest BCUT2D eigenvalue weighted by Crippen LogP contribution is -2.36. The van der Waals surface area contributed by atoms with Crippen LogP contribution in [0.3, 0.4) is 0 Å².